The zero-order valence-electron chi connectivity index (χ0n) is 13.9. The molecule has 4 heteroatoms. The highest BCUT2D eigenvalue weighted by Crippen LogP contribution is 2.60. The van der Waals surface area contributed by atoms with Gasteiger partial charge in [0.15, 0.2) is 0 Å². The first-order chi connectivity index (χ1) is 10.6. The minimum absolute atomic E-state index is 0.273. The van der Waals surface area contributed by atoms with E-state index in [0.717, 1.165) is 30.8 Å². The van der Waals surface area contributed by atoms with Crippen molar-refractivity contribution in [3.63, 3.8) is 0 Å². The van der Waals surface area contributed by atoms with Gasteiger partial charge in [0.25, 0.3) is 0 Å². The van der Waals surface area contributed by atoms with E-state index in [2.05, 4.69) is 17.3 Å². The third-order valence-corrected chi connectivity index (χ3v) is 8.09. The van der Waals surface area contributed by atoms with Gasteiger partial charge < -0.3 is 10.2 Å². The molecular weight excluding hydrogens is 292 g/mol. The maximum absolute atomic E-state index is 12.2. The number of carbonyl (C=O) groups is 1. The lowest BCUT2D eigenvalue weighted by atomic mass is 9.56. The van der Waals surface area contributed by atoms with Crippen molar-refractivity contribution in [2.45, 2.75) is 49.7 Å². The second-order valence-corrected chi connectivity index (χ2v) is 10.1. The molecule has 1 unspecified atom stereocenters. The van der Waals surface area contributed by atoms with Crippen molar-refractivity contribution in [1.82, 2.24) is 10.2 Å². The van der Waals surface area contributed by atoms with E-state index in [9.17, 15) is 4.79 Å². The van der Waals surface area contributed by atoms with Crippen LogP contribution in [0.25, 0.3) is 0 Å². The lowest BCUT2D eigenvalue weighted by Gasteiger charge is -2.56. The Bertz CT molecular complexity index is 404. The summed E-state index contributed by atoms with van der Waals surface area (Å²) in [4.78, 5) is 14.6. The number of thioether (sulfide) groups is 1. The molecule has 5 rings (SSSR count). The first kappa shape index (κ1) is 15.3. The molecule has 0 radical (unpaired) electrons. The van der Waals surface area contributed by atoms with Crippen LogP contribution in [0.15, 0.2) is 0 Å². The van der Waals surface area contributed by atoms with E-state index >= 15 is 0 Å². The third-order valence-electron chi connectivity index (χ3n) is 6.57. The monoisotopic (exact) mass is 322 g/mol. The van der Waals surface area contributed by atoms with Gasteiger partial charge in [-0.3, -0.25) is 4.79 Å². The molecule has 3 nitrogen and oxygen atoms in total. The molecule has 0 aromatic heterocycles. The zero-order valence-corrected chi connectivity index (χ0v) is 14.7. The Morgan fingerprint density at radius 2 is 1.82 bits per heavy atom. The van der Waals surface area contributed by atoms with Crippen LogP contribution in [-0.4, -0.2) is 48.0 Å². The molecule has 5 fully saturated rings. The van der Waals surface area contributed by atoms with E-state index in [1.54, 1.807) is 0 Å². The maximum Gasteiger partial charge on any atom is 0.230 e. The van der Waals surface area contributed by atoms with E-state index in [1.165, 1.54) is 51.5 Å². The zero-order chi connectivity index (χ0) is 15.2. The Kier molecular flexibility index (Phi) is 4.18. The standard InChI is InChI=1S/C18H30N2OS/c1-20-3-2-13(11-20)10-19-17(21)12-22-18-7-14-4-15(8-18)6-16(5-14)9-18/h13-16H,2-12H2,1H3,(H,19,21). The highest BCUT2D eigenvalue weighted by molar-refractivity contribution is 8.01. The summed E-state index contributed by atoms with van der Waals surface area (Å²) in [6.07, 6.45) is 9.88. The van der Waals surface area contributed by atoms with Crippen LogP contribution < -0.4 is 5.32 Å². The maximum atomic E-state index is 12.2. The smallest absolute Gasteiger partial charge is 0.230 e. The fraction of sp³-hybridized carbons (Fsp3) is 0.944. The average Bonchev–Trinajstić information content (AvgIpc) is 2.87. The Balaban J connectivity index is 1.23. The Hall–Kier alpha value is -0.220. The molecule has 22 heavy (non-hydrogen) atoms. The second kappa shape index (κ2) is 6.01. The molecular formula is C18H30N2OS. The van der Waals surface area contributed by atoms with Crippen LogP contribution in [0.1, 0.15) is 44.9 Å². The number of likely N-dealkylation sites (tertiary alicyclic amines) is 1. The number of hydrogen-bond acceptors (Lipinski definition) is 3. The second-order valence-electron chi connectivity index (χ2n) is 8.61. The molecule has 1 amide bonds. The molecule has 1 N–H and O–H groups in total. The van der Waals surface area contributed by atoms with Crippen molar-refractivity contribution in [3.8, 4) is 0 Å². The van der Waals surface area contributed by atoms with Crippen molar-refractivity contribution in [1.29, 1.82) is 0 Å². The van der Waals surface area contributed by atoms with Gasteiger partial charge in [-0.25, -0.2) is 0 Å². The summed E-state index contributed by atoms with van der Waals surface area (Å²) in [7, 11) is 2.17. The molecule has 4 bridgehead atoms. The van der Waals surface area contributed by atoms with Gasteiger partial charge >= 0.3 is 0 Å². The Labute approximate surface area is 139 Å². The first-order valence-corrected chi connectivity index (χ1v) is 10.2. The molecule has 5 aliphatic rings. The van der Waals surface area contributed by atoms with Crippen LogP contribution in [0.4, 0.5) is 0 Å². The largest absolute Gasteiger partial charge is 0.355 e. The molecule has 124 valence electrons. The van der Waals surface area contributed by atoms with E-state index < -0.39 is 0 Å². The van der Waals surface area contributed by atoms with Crippen molar-refractivity contribution >= 4 is 17.7 Å². The van der Waals surface area contributed by atoms with Crippen LogP contribution in [0.5, 0.6) is 0 Å². The van der Waals surface area contributed by atoms with Crippen molar-refractivity contribution in [2.75, 3.05) is 32.4 Å². The summed E-state index contributed by atoms with van der Waals surface area (Å²) >= 11 is 2.00. The van der Waals surface area contributed by atoms with Gasteiger partial charge in [-0.05, 0) is 82.2 Å². The molecule has 1 atom stereocenters. The molecule has 4 aliphatic carbocycles. The van der Waals surface area contributed by atoms with E-state index in [1.807, 2.05) is 11.8 Å². The van der Waals surface area contributed by atoms with E-state index in [0.29, 0.717) is 16.4 Å². The van der Waals surface area contributed by atoms with Gasteiger partial charge in [0.2, 0.25) is 5.91 Å². The minimum atomic E-state index is 0.273. The van der Waals surface area contributed by atoms with Crippen LogP contribution >= 0.6 is 11.8 Å². The number of hydrogen-bond donors (Lipinski definition) is 1. The molecule has 1 aliphatic heterocycles. The van der Waals surface area contributed by atoms with E-state index in [4.69, 9.17) is 0 Å². The lowest BCUT2D eigenvalue weighted by molar-refractivity contribution is -0.118. The average molecular weight is 323 g/mol. The Morgan fingerprint density at radius 3 is 2.36 bits per heavy atom. The van der Waals surface area contributed by atoms with Gasteiger partial charge in [-0.15, -0.1) is 11.8 Å². The van der Waals surface area contributed by atoms with Crippen molar-refractivity contribution in [2.24, 2.45) is 23.7 Å². The summed E-state index contributed by atoms with van der Waals surface area (Å²) in [5.74, 6) is 4.57. The van der Waals surface area contributed by atoms with Crippen LogP contribution in [-0.2, 0) is 4.79 Å². The van der Waals surface area contributed by atoms with Crippen molar-refractivity contribution < 1.29 is 4.79 Å². The predicted molar refractivity (Wildman–Crippen MR) is 92.0 cm³/mol. The van der Waals surface area contributed by atoms with Crippen LogP contribution in [0.2, 0.25) is 0 Å². The summed E-state index contributed by atoms with van der Waals surface area (Å²) in [5, 5.41) is 3.19. The Morgan fingerprint density at radius 1 is 1.18 bits per heavy atom. The predicted octanol–water partition coefficient (Wildman–Crippen LogP) is 2.76. The minimum Gasteiger partial charge on any atom is -0.355 e. The number of amides is 1. The van der Waals surface area contributed by atoms with E-state index in [-0.39, 0.29) is 5.91 Å². The highest BCUT2D eigenvalue weighted by atomic mass is 32.2. The lowest BCUT2D eigenvalue weighted by Crippen LogP contribution is -2.49. The summed E-state index contributed by atoms with van der Waals surface area (Å²) in [5.41, 5.74) is 0. The number of carbonyl (C=O) groups excluding carboxylic acids is 1. The van der Waals surface area contributed by atoms with Gasteiger partial charge in [-0.2, -0.15) is 0 Å². The fourth-order valence-corrected chi connectivity index (χ4v) is 7.53. The quantitative estimate of drug-likeness (QED) is 0.845. The van der Waals surface area contributed by atoms with Crippen LogP contribution in [0, 0.1) is 23.7 Å². The van der Waals surface area contributed by atoms with Gasteiger partial charge in [-0.1, -0.05) is 0 Å². The fourth-order valence-electron chi connectivity index (χ4n) is 5.93. The summed E-state index contributed by atoms with van der Waals surface area (Å²) in [6.45, 7) is 3.20. The SMILES string of the molecule is CN1CCC(CNC(=O)CSC23CC4CC(CC(C4)C2)C3)C1. The number of nitrogens with zero attached hydrogens (tertiary/aromatic N) is 1. The van der Waals surface area contributed by atoms with Crippen LogP contribution in [0.3, 0.4) is 0 Å². The molecule has 0 spiro atoms. The topological polar surface area (TPSA) is 32.3 Å². The van der Waals surface area contributed by atoms with Crippen molar-refractivity contribution in [3.05, 3.63) is 0 Å². The van der Waals surface area contributed by atoms with Gasteiger partial charge in [0.1, 0.15) is 0 Å². The van der Waals surface area contributed by atoms with Gasteiger partial charge in [0.05, 0.1) is 5.75 Å². The molecule has 4 saturated carbocycles. The highest BCUT2D eigenvalue weighted by Gasteiger charge is 2.51. The molecule has 1 heterocycles. The number of rotatable bonds is 5. The third kappa shape index (κ3) is 3.19. The number of nitrogens with one attached hydrogen (secondary N) is 1. The summed E-state index contributed by atoms with van der Waals surface area (Å²) < 4.78 is 0.472. The molecule has 0 aromatic carbocycles. The molecule has 0 aromatic rings. The molecule has 1 saturated heterocycles. The normalized spacial score (nSPS) is 43.7. The van der Waals surface area contributed by atoms with Gasteiger partial charge in [0, 0.05) is 17.8 Å². The first-order valence-electron chi connectivity index (χ1n) is 9.19. The summed E-state index contributed by atoms with van der Waals surface area (Å²) in [6, 6.07) is 0.